The quantitative estimate of drug-likeness (QED) is 0.903. The molecular weight excluding hydrogens is 231 g/mol. The maximum atomic E-state index is 13.7. The fourth-order valence-electron chi connectivity index (χ4n) is 1.82. The number of nitrogens with zero attached hydrogens (tertiary/aromatic N) is 3. The summed E-state index contributed by atoms with van der Waals surface area (Å²) in [5.74, 6) is 0.649. The Morgan fingerprint density at radius 1 is 1.22 bits per heavy atom. The van der Waals surface area contributed by atoms with Crippen LogP contribution in [0.25, 0.3) is 0 Å². The third-order valence-electron chi connectivity index (χ3n) is 2.98. The Morgan fingerprint density at radius 2 is 1.89 bits per heavy atom. The molecule has 4 nitrogen and oxygen atoms in total. The second-order valence-corrected chi connectivity index (χ2v) is 4.07. The summed E-state index contributed by atoms with van der Waals surface area (Å²) in [6.07, 6.45) is 3.09. The minimum atomic E-state index is -0.237. The largest absolute Gasteiger partial charge is 0.381 e. The van der Waals surface area contributed by atoms with Crippen molar-refractivity contribution in [3.05, 3.63) is 48.0 Å². The van der Waals surface area contributed by atoms with Crippen molar-refractivity contribution in [3.63, 3.8) is 0 Å². The molecule has 1 aromatic heterocycles. The topological polar surface area (TPSA) is 55.0 Å². The molecular formula is C13H15FN4. The zero-order valence-corrected chi connectivity index (χ0v) is 10.3. The highest BCUT2D eigenvalue weighted by Crippen LogP contribution is 2.27. The normalized spacial score (nSPS) is 12.2. The van der Waals surface area contributed by atoms with Gasteiger partial charge in [0.15, 0.2) is 11.6 Å². The van der Waals surface area contributed by atoms with Crippen molar-refractivity contribution in [2.45, 2.75) is 13.0 Å². The molecule has 0 spiro atoms. The smallest absolute Gasteiger partial charge is 0.171 e. The molecule has 0 saturated heterocycles. The lowest BCUT2D eigenvalue weighted by Crippen LogP contribution is -2.24. The van der Waals surface area contributed by atoms with Crippen LogP contribution in [0, 0.1) is 5.82 Å². The number of anilines is 2. The first-order valence-electron chi connectivity index (χ1n) is 5.65. The number of rotatable bonds is 3. The molecule has 0 aliphatic rings. The molecule has 0 aliphatic carbocycles. The van der Waals surface area contributed by atoms with Crippen LogP contribution in [0.4, 0.5) is 16.0 Å². The molecule has 1 atom stereocenters. The molecule has 0 aliphatic heterocycles. The highest BCUT2D eigenvalue weighted by atomic mass is 19.1. The summed E-state index contributed by atoms with van der Waals surface area (Å²) in [4.78, 5) is 9.96. The van der Waals surface area contributed by atoms with Gasteiger partial charge in [-0.3, -0.25) is 0 Å². The first-order chi connectivity index (χ1) is 8.61. The van der Waals surface area contributed by atoms with E-state index in [0.717, 1.165) is 0 Å². The SMILES string of the molecule is CC(c1ccccc1F)N(C)c1nccnc1N. The summed E-state index contributed by atoms with van der Waals surface area (Å²) in [5, 5.41) is 0. The Balaban J connectivity index is 2.33. The van der Waals surface area contributed by atoms with Gasteiger partial charge in [-0.2, -0.15) is 0 Å². The standard InChI is InChI=1S/C13H15FN4/c1-9(10-5-3-4-6-11(10)14)18(2)13-12(15)16-7-8-17-13/h3-9H,1-2H3,(H2,15,16). The van der Waals surface area contributed by atoms with Crippen LogP contribution in [0.3, 0.4) is 0 Å². The third-order valence-corrected chi connectivity index (χ3v) is 2.98. The van der Waals surface area contributed by atoms with Crippen molar-refractivity contribution in [1.29, 1.82) is 0 Å². The summed E-state index contributed by atoms with van der Waals surface area (Å²) in [5.41, 5.74) is 6.37. The zero-order chi connectivity index (χ0) is 13.1. The van der Waals surface area contributed by atoms with Gasteiger partial charge in [-0.25, -0.2) is 14.4 Å². The lowest BCUT2D eigenvalue weighted by Gasteiger charge is -2.27. The maximum Gasteiger partial charge on any atom is 0.171 e. The number of nitrogens with two attached hydrogens (primary N) is 1. The van der Waals surface area contributed by atoms with E-state index < -0.39 is 0 Å². The van der Waals surface area contributed by atoms with Crippen molar-refractivity contribution >= 4 is 11.6 Å². The Kier molecular flexibility index (Phi) is 3.41. The predicted octanol–water partition coefficient (Wildman–Crippen LogP) is 2.40. The van der Waals surface area contributed by atoms with Crippen LogP contribution in [-0.2, 0) is 0 Å². The number of aromatic nitrogens is 2. The third kappa shape index (κ3) is 2.25. The lowest BCUT2D eigenvalue weighted by atomic mass is 10.1. The minimum Gasteiger partial charge on any atom is -0.381 e. The summed E-state index contributed by atoms with van der Waals surface area (Å²) in [6.45, 7) is 1.90. The Labute approximate surface area is 105 Å². The van der Waals surface area contributed by atoms with Crippen LogP contribution < -0.4 is 10.6 Å². The van der Waals surface area contributed by atoms with E-state index >= 15 is 0 Å². The second kappa shape index (κ2) is 5.00. The Bertz CT molecular complexity index is 495. The molecule has 2 N–H and O–H groups in total. The molecule has 2 rings (SSSR count). The molecule has 18 heavy (non-hydrogen) atoms. The molecule has 1 unspecified atom stereocenters. The van der Waals surface area contributed by atoms with E-state index in [9.17, 15) is 4.39 Å². The first kappa shape index (κ1) is 12.3. The van der Waals surface area contributed by atoms with Gasteiger partial charge in [0.05, 0.1) is 6.04 Å². The highest BCUT2D eigenvalue weighted by molar-refractivity contribution is 5.57. The van der Waals surface area contributed by atoms with Crippen molar-refractivity contribution in [3.8, 4) is 0 Å². The van der Waals surface area contributed by atoms with Gasteiger partial charge in [0.1, 0.15) is 5.82 Å². The van der Waals surface area contributed by atoms with Crippen LogP contribution >= 0.6 is 0 Å². The van der Waals surface area contributed by atoms with Gasteiger partial charge in [0.25, 0.3) is 0 Å². The monoisotopic (exact) mass is 246 g/mol. The molecule has 0 fully saturated rings. The second-order valence-electron chi connectivity index (χ2n) is 4.07. The van der Waals surface area contributed by atoms with Crippen molar-refractivity contribution in [2.24, 2.45) is 0 Å². The molecule has 2 aromatic rings. The van der Waals surface area contributed by atoms with E-state index in [1.807, 2.05) is 20.0 Å². The van der Waals surface area contributed by atoms with Gasteiger partial charge in [-0.05, 0) is 13.0 Å². The Hall–Kier alpha value is -2.17. The van der Waals surface area contributed by atoms with E-state index in [1.54, 1.807) is 23.2 Å². The van der Waals surface area contributed by atoms with Crippen molar-refractivity contribution in [1.82, 2.24) is 9.97 Å². The Morgan fingerprint density at radius 3 is 2.56 bits per heavy atom. The van der Waals surface area contributed by atoms with Crippen molar-refractivity contribution in [2.75, 3.05) is 17.7 Å². The van der Waals surface area contributed by atoms with E-state index in [2.05, 4.69) is 9.97 Å². The zero-order valence-electron chi connectivity index (χ0n) is 10.3. The summed E-state index contributed by atoms with van der Waals surface area (Å²) in [6, 6.07) is 6.50. The summed E-state index contributed by atoms with van der Waals surface area (Å²) >= 11 is 0. The number of hydrogen-bond donors (Lipinski definition) is 1. The fraction of sp³-hybridized carbons (Fsp3) is 0.231. The van der Waals surface area contributed by atoms with E-state index in [4.69, 9.17) is 5.73 Å². The molecule has 0 bridgehead atoms. The van der Waals surface area contributed by atoms with Crippen molar-refractivity contribution < 1.29 is 4.39 Å². The molecule has 0 saturated carbocycles. The first-order valence-corrected chi connectivity index (χ1v) is 5.65. The molecule has 1 aromatic carbocycles. The van der Waals surface area contributed by atoms with Gasteiger partial charge in [0, 0.05) is 25.0 Å². The molecule has 94 valence electrons. The average Bonchev–Trinajstić information content (AvgIpc) is 2.38. The molecule has 0 radical (unpaired) electrons. The number of benzene rings is 1. The number of hydrogen-bond acceptors (Lipinski definition) is 4. The van der Waals surface area contributed by atoms with Gasteiger partial charge in [-0.1, -0.05) is 18.2 Å². The highest BCUT2D eigenvalue weighted by Gasteiger charge is 2.18. The van der Waals surface area contributed by atoms with Crippen LogP contribution in [0.2, 0.25) is 0 Å². The lowest BCUT2D eigenvalue weighted by molar-refractivity contribution is 0.584. The van der Waals surface area contributed by atoms with Crippen LogP contribution in [-0.4, -0.2) is 17.0 Å². The maximum absolute atomic E-state index is 13.7. The van der Waals surface area contributed by atoms with Crippen LogP contribution in [0.15, 0.2) is 36.7 Å². The van der Waals surface area contributed by atoms with E-state index in [0.29, 0.717) is 17.2 Å². The predicted molar refractivity (Wildman–Crippen MR) is 69.7 cm³/mol. The number of nitrogen functional groups attached to an aromatic ring is 1. The average molecular weight is 246 g/mol. The van der Waals surface area contributed by atoms with Gasteiger partial charge in [-0.15, -0.1) is 0 Å². The molecule has 1 heterocycles. The van der Waals surface area contributed by atoms with Gasteiger partial charge in [0.2, 0.25) is 0 Å². The molecule has 0 amide bonds. The van der Waals surface area contributed by atoms with Crippen LogP contribution in [0.5, 0.6) is 0 Å². The number of halogens is 1. The summed E-state index contributed by atoms with van der Waals surface area (Å²) in [7, 11) is 1.82. The fourth-order valence-corrected chi connectivity index (χ4v) is 1.82. The van der Waals surface area contributed by atoms with E-state index in [-0.39, 0.29) is 11.9 Å². The minimum absolute atomic E-state index is 0.176. The van der Waals surface area contributed by atoms with Crippen LogP contribution in [0.1, 0.15) is 18.5 Å². The molecule has 5 heteroatoms. The van der Waals surface area contributed by atoms with Gasteiger partial charge >= 0.3 is 0 Å². The van der Waals surface area contributed by atoms with E-state index in [1.165, 1.54) is 12.3 Å². The van der Waals surface area contributed by atoms with Gasteiger partial charge < -0.3 is 10.6 Å². The summed E-state index contributed by atoms with van der Waals surface area (Å²) < 4.78 is 13.7.